The van der Waals surface area contributed by atoms with E-state index in [0.717, 1.165) is 4.90 Å². The highest BCUT2D eigenvalue weighted by atomic mass is 31.3. The van der Waals surface area contributed by atoms with E-state index in [2.05, 4.69) is 14.2 Å². The number of rotatable bonds is 13. The lowest BCUT2D eigenvalue weighted by Crippen LogP contribution is -2.51. The van der Waals surface area contributed by atoms with E-state index in [1.807, 2.05) is 0 Å². The van der Waals surface area contributed by atoms with Gasteiger partial charge in [0, 0.05) is 24.3 Å². The molecular formula is C27H27N3O14P2-2. The van der Waals surface area contributed by atoms with Crippen molar-refractivity contribution < 1.29 is 61.0 Å². The Kier molecular flexibility index (Phi) is 10.1. The van der Waals surface area contributed by atoms with Crippen molar-refractivity contribution in [1.29, 1.82) is 0 Å². The molecule has 1 saturated heterocycles. The minimum absolute atomic E-state index is 0.142. The second-order valence-corrected chi connectivity index (χ2v) is 13.0. The first-order chi connectivity index (χ1) is 21.9. The highest BCUT2D eigenvalue weighted by Crippen LogP contribution is 2.55. The third-order valence-electron chi connectivity index (χ3n) is 6.80. The Morgan fingerprint density at radius 1 is 1.09 bits per heavy atom. The molecule has 19 heteroatoms. The lowest BCUT2D eigenvalue weighted by atomic mass is 10.1. The Balaban J connectivity index is 1.35. The van der Waals surface area contributed by atoms with Crippen LogP contribution >= 0.6 is 15.6 Å². The summed E-state index contributed by atoms with van der Waals surface area (Å²) in [6.07, 6.45) is -1.58. The predicted molar refractivity (Wildman–Crippen MR) is 152 cm³/mol. The standard InChI is InChI=1S/C27H29N3O14P2/c1-2-12-39-45(35,36)44-46(37,38)40-16-23-22(43-26(31)17-8-4-3-5-9-17)14-24(41-23)29-15-18-13-21(42-25(18)28-27(29)32)19-10-6-7-11-20(19)30(33)34/h3-11,13,15,22-25H,2,12,14,16H2,1H3,(H,28,32)(H,35,36)(H,37,38)/p-2/t22-,23-,24-,25?/m1/s1. The topological polar surface area (TPSA) is 228 Å². The zero-order chi connectivity index (χ0) is 33.1. The number of fused-ring (bicyclic) bond motifs is 1. The van der Waals surface area contributed by atoms with E-state index in [-0.39, 0.29) is 42.0 Å². The number of ether oxygens (including phenoxy) is 3. The van der Waals surface area contributed by atoms with Gasteiger partial charge in [-0.3, -0.25) is 29.5 Å². The molecule has 17 nitrogen and oxygen atoms in total. The molecule has 0 radical (unpaired) electrons. The quantitative estimate of drug-likeness (QED) is 0.139. The largest absolute Gasteiger partial charge is 0.756 e. The fourth-order valence-electron chi connectivity index (χ4n) is 4.74. The maximum absolute atomic E-state index is 13.1. The summed E-state index contributed by atoms with van der Waals surface area (Å²) in [6.45, 7) is 0.433. The summed E-state index contributed by atoms with van der Waals surface area (Å²) in [5, 5.41) is 14.1. The number of nitrogens with one attached hydrogen (secondary N) is 1. The summed E-state index contributed by atoms with van der Waals surface area (Å²) >= 11 is 0. The number of benzene rings is 2. The molecule has 3 heterocycles. The molecule has 3 aliphatic rings. The molecule has 246 valence electrons. The molecule has 46 heavy (non-hydrogen) atoms. The Morgan fingerprint density at radius 3 is 2.50 bits per heavy atom. The molecule has 1 fully saturated rings. The first-order valence-electron chi connectivity index (χ1n) is 13.8. The van der Waals surface area contributed by atoms with E-state index in [1.165, 1.54) is 42.6 Å². The first-order valence-corrected chi connectivity index (χ1v) is 16.7. The van der Waals surface area contributed by atoms with Gasteiger partial charge < -0.3 is 33.0 Å². The van der Waals surface area contributed by atoms with Crippen LogP contribution in [0.5, 0.6) is 0 Å². The van der Waals surface area contributed by atoms with Crippen LogP contribution < -0.4 is 15.1 Å². The molecular weight excluding hydrogens is 652 g/mol. The number of carbonyl (C=O) groups is 2. The smallest absolute Gasteiger partial charge is 0.338 e. The third kappa shape index (κ3) is 7.89. The lowest BCUT2D eigenvalue weighted by Gasteiger charge is -2.32. The van der Waals surface area contributed by atoms with E-state index < -0.39 is 63.8 Å². The number of para-hydroxylation sites is 1. The molecule has 5 rings (SSSR count). The van der Waals surface area contributed by atoms with E-state index in [1.54, 1.807) is 31.2 Å². The summed E-state index contributed by atoms with van der Waals surface area (Å²) in [5.74, 6) is -0.634. The van der Waals surface area contributed by atoms with Gasteiger partial charge in [0.25, 0.3) is 21.3 Å². The van der Waals surface area contributed by atoms with Gasteiger partial charge in [-0.05, 0) is 30.7 Å². The Bertz CT molecular complexity index is 1650. The van der Waals surface area contributed by atoms with Crippen LogP contribution in [0.3, 0.4) is 0 Å². The van der Waals surface area contributed by atoms with E-state index in [9.17, 15) is 38.6 Å². The van der Waals surface area contributed by atoms with Gasteiger partial charge in [0.15, 0.2) is 0 Å². The third-order valence-corrected chi connectivity index (χ3v) is 9.36. The van der Waals surface area contributed by atoms with Crippen molar-refractivity contribution in [2.75, 3.05) is 13.2 Å². The van der Waals surface area contributed by atoms with Gasteiger partial charge in [0.05, 0.1) is 29.3 Å². The van der Waals surface area contributed by atoms with Crippen LogP contribution in [-0.4, -0.2) is 59.7 Å². The van der Waals surface area contributed by atoms with Crippen molar-refractivity contribution in [1.82, 2.24) is 10.2 Å². The van der Waals surface area contributed by atoms with Crippen molar-refractivity contribution in [3.8, 4) is 0 Å². The fraction of sp³-hybridized carbons (Fsp3) is 0.333. The number of nitro groups is 1. The van der Waals surface area contributed by atoms with Gasteiger partial charge in [-0.1, -0.05) is 37.3 Å². The Labute approximate surface area is 261 Å². The number of esters is 1. The van der Waals surface area contributed by atoms with Crippen LogP contribution in [0.1, 0.15) is 35.7 Å². The summed E-state index contributed by atoms with van der Waals surface area (Å²) in [4.78, 5) is 62.2. The van der Waals surface area contributed by atoms with Crippen LogP contribution in [0.25, 0.3) is 5.76 Å². The zero-order valence-electron chi connectivity index (χ0n) is 24.0. The van der Waals surface area contributed by atoms with Crippen molar-refractivity contribution in [2.45, 2.75) is 44.4 Å². The summed E-state index contributed by atoms with van der Waals surface area (Å²) in [6, 6.07) is 13.1. The van der Waals surface area contributed by atoms with Crippen LogP contribution in [0.15, 0.2) is 72.4 Å². The number of phosphoric acid groups is 2. The second-order valence-electron chi connectivity index (χ2n) is 10.0. The Morgan fingerprint density at radius 2 is 1.78 bits per heavy atom. The maximum Gasteiger partial charge on any atom is 0.338 e. The highest BCUT2D eigenvalue weighted by Gasteiger charge is 2.45. The summed E-state index contributed by atoms with van der Waals surface area (Å²) < 4.78 is 54.7. The van der Waals surface area contributed by atoms with Crippen molar-refractivity contribution >= 4 is 39.1 Å². The number of nitrogens with zero attached hydrogens (tertiary/aromatic N) is 2. The fourth-order valence-corrected chi connectivity index (χ4v) is 6.83. The number of urea groups is 1. The first kappa shape index (κ1) is 33.4. The summed E-state index contributed by atoms with van der Waals surface area (Å²) in [7, 11) is -10.8. The lowest BCUT2D eigenvalue weighted by molar-refractivity contribution is -0.385. The molecule has 3 aliphatic heterocycles. The van der Waals surface area contributed by atoms with Crippen molar-refractivity contribution in [2.24, 2.45) is 0 Å². The molecule has 2 amide bonds. The van der Waals surface area contributed by atoms with Gasteiger partial charge in [0.1, 0.15) is 24.2 Å². The molecule has 6 atom stereocenters. The molecule has 2 aromatic carbocycles. The molecule has 3 unspecified atom stereocenters. The minimum Gasteiger partial charge on any atom is -0.756 e. The Hall–Kier alpha value is -3.92. The number of phosphoric ester groups is 2. The second kappa shape index (κ2) is 13.8. The molecule has 0 saturated carbocycles. The van der Waals surface area contributed by atoms with Gasteiger partial charge in [0.2, 0.25) is 6.23 Å². The van der Waals surface area contributed by atoms with E-state index >= 15 is 0 Å². The molecule has 0 aliphatic carbocycles. The van der Waals surface area contributed by atoms with E-state index in [0.29, 0.717) is 5.57 Å². The number of amides is 2. The number of carbonyl (C=O) groups excluding carboxylic acids is 2. The molecule has 2 aromatic rings. The number of hydrogen-bond donors (Lipinski definition) is 1. The van der Waals surface area contributed by atoms with Crippen LogP contribution in [-0.2, 0) is 36.7 Å². The molecule has 1 N–H and O–H groups in total. The van der Waals surface area contributed by atoms with Gasteiger partial charge in [-0.25, -0.2) is 13.9 Å². The number of nitro benzene ring substituents is 1. The summed E-state index contributed by atoms with van der Waals surface area (Å²) in [5.41, 5.74) is 0.578. The molecule has 0 aromatic heterocycles. The maximum atomic E-state index is 13.1. The van der Waals surface area contributed by atoms with Crippen LogP contribution in [0.4, 0.5) is 10.5 Å². The van der Waals surface area contributed by atoms with Gasteiger partial charge >= 0.3 is 12.0 Å². The van der Waals surface area contributed by atoms with Gasteiger partial charge in [-0.15, -0.1) is 0 Å². The SMILES string of the molecule is CCCOP(=O)([O-])OP(=O)([O-])OC[C@H]1O[C@@H](N2C=C3C=C(c4ccccc4[N+](=O)[O-])OC3NC2=O)C[C@H]1OC(=O)c1ccccc1. The van der Waals surface area contributed by atoms with E-state index in [4.69, 9.17) is 18.7 Å². The zero-order valence-corrected chi connectivity index (χ0v) is 25.8. The number of hydrogen-bond acceptors (Lipinski definition) is 14. The van der Waals surface area contributed by atoms with Crippen LogP contribution in [0, 0.1) is 10.1 Å². The van der Waals surface area contributed by atoms with Gasteiger partial charge in [-0.2, -0.15) is 0 Å². The van der Waals surface area contributed by atoms with Crippen molar-refractivity contribution in [3.63, 3.8) is 0 Å². The monoisotopic (exact) mass is 679 g/mol. The average Bonchev–Trinajstić information content (AvgIpc) is 3.62. The minimum atomic E-state index is -5.50. The van der Waals surface area contributed by atoms with Crippen molar-refractivity contribution in [3.05, 3.63) is 93.7 Å². The predicted octanol–water partition coefficient (Wildman–Crippen LogP) is 2.94. The molecule has 0 bridgehead atoms. The highest BCUT2D eigenvalue weighted by molar-refractivity contribution is 7.59. The average molecular weight is 679 g/mol. The normalized spacial score (nSPS) is 24.8. The molecule has 0 spiro atoms. The van der Waals surface area contributed by atoms with Crippen LogP contribution in [0.2, 0.25) is 0 Å².